The molecule has 0 aromatic carbocycles. The van der Waals surface area contributed by atoms with Gasteiger partial charge in [-0.2, -0.15) is 5.10 Å². The number of hydrogen-bond donors (Lipinski definition) is 1. The molecule has 4 aliphatic rings. The van der Waals surface area contributed by atoms with Gasteiger partial charge >= 0.3 is 0 Å². The minimum Gasteiger partial charge on any atom is -0.380 e. The number of anilines is 1. The van der Waals surface area contributed by atoms with Gasteiger partial charge < -0.3 is 10.2 Å². The van der Waals surface area contributed by atoms with Gasteiger partial charge in [-0.05, 0) is 64.8 Å². The second kappa shape index (κ2) is 8.29. The molecule has 0 spiro atoms. The van der Waals surface area contributed by atoms with E-state index in [1.807, 2.05) is 11.9 Å². The fourth-order valence-corrected chi connectivity index (χ4v) is 6.55. The second-order valence-electron chi connectivity index (χ2n) is 10.3. The van der Waals surface area contributed by atoms with Crippen molar-refractivity contribution in [3.05, 3.63) is 21.0 Å². The Morgan fingerprint density at radius 1 is 1.30 bits per heavy atom. The van der Waals surface area contributed by atoms with Crippen LogP contribution < -0.4 is 10.9 Å². The maximum atomic E-state index is 12.9. The summed E-state index contributed by atoms with van der Waals surface area (Å²) in [5.74, 6) is 1.99. The Balaban J connectivity index is 1.42. The molecule has 1 amide bonds. The Labute approximate surface area is 187 Å². The molecule has 0 saturated heterocycles. The van der Waals surface area contributed by atoms with E-state index >= 15 is 0 Å². The molecule has 0 radical (unpaired) electrons. The highest BCUT2D eigenvalue weighted by Crippen LogP contribution is 2.61. The lowest BCUT2D eigenvalue weighted by molar-refractivity contribution is -0.133. The number of fused-ring (bicyclic) bond motifs is 2. The number of carbonyl (C=O) groups is 1. The quantitative estimate of drug-likeness (QED) is 0.685. The van der Waals surface area contributed by atoms with Gasteiger partial charge in [0.2, 0.25) is 5.91 Å². The normalized spacial score (nSPS) is 30.4. The zero-order valence-corrected chi connectivity index (χ0v) is 20.2. The lowest BCUT2D eigenvalue weighted by Gasteiger charge is -2.62. The first-order valence-corrected chi connectivity index (χ1v) is 12.3. The van der Waals surface area contributed by atoms with Crippen LogP contribution in [0.3, 0.4) is 0 Å². The average molecular weight is 479 g/mol. The monoisotopic (exact) mass is 478 g/mol. The molecule has 5 rings (SSSR count). The molecule has 6 nitrogen and oxygen atoms in total. The van der Waals surface area contributed by atoms with Gasteiger partial charge in [0.25, 0.3) is 5.56 Å². The minimum atomic E-state index is -0.251. The second-order valence-corrected chi connectivity index (χ2v) is 11.1. The molecular weight excluding hydrogens is 444 g/mol. The third-order valence-corrected chi connectivity index (χ3v) is 9.25. The molecule has 0 aliphatic heterocycles. The lowest BCUT2D eigenvalue weighted by Crippen LogP contribution is -2.58. The molecule has 1 aromatic rings. The number of hydrogen-bond acceptors (Lipinski definition) is 4. The summed E-state index contributed by atoms with van der Waals surface area (Å²) in [4.78, 5) is 27.4. The number of carbonyl (C=O) groups excluding carboxylic acids is 1. The molecule has 1 N–H and O–H groups in total. The number of nitrogens with zero attached hydrogens (tertiary/aromatic N) is 3. The van der Waals surface area contributed by atoms with Gasteiger partial charge in [0.15, 0.2) is 0 Å². The fraction of sp³-hybridized carbons (Fsp3) is 0.783. The van der Waals surface area contributed by atoms with Crippen LogP contribution in [0.25, 0.3) is 0 Å². The predicted molar refractivity (Wildman–Crippen MR) is 122 cm³/mol. The van der Waals surface area contributed by atoms with Gasteiger partial charge in [0.1, 0.15) is 11.0 Å². The molecule has 166 valence electrons. The van der Waals surface area contributed by atoms with E-state index in [1.54, 1.807) is 6.20 Å². The highest BCUT2D eigenvalue weighted by molar-refractivity contribution is 9.10. The molecule has 0 unspecified atom stereocenters. The van der Waals surface area contributed by atoms with Crippen LogP contribution >= 0.6 is 15.9 Å². The van der Waals surface area contributed by atoms with E-state index in [2.05, 4.69) is 47.1 Å². The third kappa shape index (κ3) is 3.82. The number of rotatable bonds is 5. The van der Waals surface area contributed by atoms with Gasteiger partial charge in [0.05, 0.1) is 11.9 Å². The topological polar surface area (TPSA) is 67.2 Å². The SMILES string of the molecule is C[C@H]1[C@H](Nc2cnn(CC(=O)N(C)C3CCCCC3)c(=O)c2Br)C[C@H]2C[C@@H]1C2(C)C. The van der Waals surface area contributed by atoms with Gasteiger partial charge in [-0.25, -0.2) is 4.68 Å². The zero-order valence-electron chi connectivity index (χ0n) is 18.7. The van der Waals surface area contributed by atoms with Crippen molar-refractivity contribution >= 4 is 27.5 Å². The maximum Gasteiger partial charge on any atom is 0.283 e. The van der Waals surface area contributed by atoms with E-state index in [4.69, 9.17) is 0 Å². The molecule has 4 saturated carbocycles. The summed E-state index contributed by atoms with van der Waals surface area (Å²) in [6.07, 6.45) is 9.84. The molecule has 4 atom stereocenters. The van der Waals surface area contributed by atoms with Crippen LogP contribution in [0.15, 0.2) is 15.5 Å². The highest BCUT2D eigenvalue weighted by atomic mass is 79.9. The van der Waals surface area contributed by atoms with Crippen molar-refractivity contribution in [3.63, 3.8) is 0 Å². The minimum absolute atomic E-state index is 0.0110. The summed E-state index contributed by atoms with van der Waals surface area (Å²) in [6, 6.07) is 0.643. The maximum absolute atomic E-state index is 12.9. The van der Waals surface area contributed by atoms with Crippen molar-refractivity contribution in [1.82, 2.24) is 14.7 Å². The molecule has 1 aromatic heterocycles. The Bertz CT molecular complexity index is 861. The summed E-state index contributed by atoms with van der Waals surface area (Å²) >= 11 is 3.47. The first-order valence-electron chi connectivity index (χ1n) is 11.5. The lowest BCUT2D eigenvalue weighted by atomic mass is 9.45. The van der Waals surface area contributed by atoms with Crippen LogP contribution in [-0.4, -0.2) is 39.7 Å². The van der Waals surface area contributed by atoms with E-state index in [1.165, 1.54) is 30.4 Å². The number of nitrogens with one attached hydrogen (secondary N) is 1. The Morgan fingerprint density at radius 3 is 2.63 bits per heavy atom. The number of likely N-dealkylation sites (N-methyl/N-ethyl adjacent to an activating group) is 1. The van der Waals surface area contributed by atoms with Crippen molar-refractivity contribution in [3.8, 4) is 0 Å². The number of halogens is 1. The van der Waals surface area contributed by atoms with Gasteiger partial charge in [-0.1, -0.05) is 40.0 Å². The average Bonchev–Trinajstić information content (AvgIpc) is 2.74. The number of aromatic nitrogens is 2. The van der Waals surface area contributed by atoms with Crippen LogP contribution in [0.5, 0.6) is 0 Å². The highest BCUT2D eigenvalue weighted by Gasteiger charge is 2.56. The van der Waals surface area contributed by atoms with Gasteiger partial charge in [0, 0.05) is 19.1 Å². The molecule has 1 heterocycles. The molecule has 7 heteroatoms. The molecular formula is C23H35BrN4O2. The molecule has 4 aliphatic carbocycles. The van der Waals surface area contributed by atoms with Gasteiger partial charge in [-0.15, -0.1) is 0 Å². The molecule has 4 fully saturated rings. The van der Waals surface area contributed by atoms with E-state index < -0.39 is 0 Å². The third-order valence-electron chi connectivity index (χ3n) is 8.48. The predicted octanol–water partition coefficient (Wildman–Crippen LogP) is 4.28. The standard InChI is InChI=1S/C23H35BrN4O2/c1-14-17-10-15(23(17,2)3)11-18(14)26-19-12-25-28(22(30)21(19)24)13-20(29)27(4)16-8-6-5-7-9-16/h12,14-18,26H,5-11,13H2,1-4H3/t14-,15-,17+,18-/m1/s1. The summed E-state index contributed by atoms with van der Waals surface area (Å²) in [6.45, 7) is 7.09. The van der Waals surface area contributed by atoms with E-state index in [0.29, 0.717) is 21.8 Å². The first-order chi connectivity index (χ1) is 14.2. The van der Waals surface area contributed by atoms with E-state index in [9.17, 15) is 9.59 Å². The van der Waals surface area contributed by atoms with Crippen molar-refractivity contribution in [2.24, 2.45) is 23.2 Å². The zero-order chi connectivity index (χ0) is 21.6. The summed E-state index contributed by atoms with van der Waals surface area (Å²) in [5, 5.41) is 7.90. The molecule has 30 heavy (non-hydrogen) atoms. The Kier molecular flexibility index (Phi) is 6.03. The van der Waals surface area contributed by atoms with Crippen molar-refractivity contribution in [1.29, 1.82) is 0 Å². The Morgan fingerprint density at radius 2 is 2.00 bits per heavy atom. The summed E-state index contributed by atoms with van der Waals surface area (Å²) < 4.78 is 1.75. The van der Waals surface area contributed by atoms with Crippen molar-refractivity contribution in [2.45, 2.75) is 84.3 Å². The summed E-state index contributed by atoms with van der Waals surface area (Å²) in [7, 11) is 1.85. The fourth-order valence-electron chi connectivity index (χ4n) is 6.13. The number of amides is 1. The van der Waals surface area contributed by atoms with E-state index in [-0.39, 0.29) is 24.1 Å². The van der Waals surface area contributed by atoms with Gasteiger partial charge in [-0.3, -0.25) is 9.59 Å². The van der Waals surface area contributed by atoms with Crippen molar-refractivity contribution in [2.75, 3.05) is 12.4 Å². The van der Waals surface area contributed by atoms with Crippen LogP contribution in [0.4, 0.5) is 5.69 Å². The summed E-state index contributed by atoms with van der Waals surface area (Å²) in [5.41, 5.74) is 0.918. The first kappa shape index (κ1) is 21.8. The van der Waals surface area contributed by atoms with Crippen LogP contribution in [0, 0.1) is 23.2 Å². The van der Waals surface area contributed by atoms with Crippen LogP contribution in [-0.2, 0) is 11.3 Å². The van der Waals surface area contributed by atoms with E-state index in [0.717, 1.165) is 36.8 Å². The van der Waals surface area contributed by atoms with Crippen LogP contribution in [0.2, 0.25) is 0 Å². The smallest absolute Gasteiger partial charge is 0.283 e. The largest absolute Gasteiger partial charge is 0.380 e. The van der Waals surface area contributed by atoms with Crippen molar-refractivity contribution < 1.29 is 4.79 Å². The van der Waals surface area contributed by atoms with Crippen LogP contribution in [0.1, 0.15) is 65.7 Å². The Hall–Kier alpha value is -1.37. The molecule has 2 bridgehead atoms.